The van der Waals surface area contributed by atoms with Gasteiger partial charge in [-0.2, -0.15) is 0 Å². The van der Waals surface area contributed by atoms with Crippen LogP contribution in [-0.2, 0) is 6.42 Å². The SMILES string of the molecule is CNCC1(Cc2ccc(N)c(S)c2)CCC1. The summed E-state index contributed by atoms with van der Waals surface area (Å²) in [6.07, 6.45) is 5.17. The van der Waals surface area contributed by atoms with Gasteiger partial charge in [0.15, 0.2) is 0 Å². The van der Waals surface area contributed by atoms with Crippen molar-refractivity contribution in [3.8, 4) is 0 Å². The Labute approximate surface area is 103 Å². The molecule has 0 heterocycles. The van der Waals surface area contributed by atoms with Crippen molar-refractivity contribution in [2.24, 2.45) is 5.41 Å². The summed E-state index contributed by atoms with van der Waals surface area (Å²) in [6.45, 7) is 1.11. The van der Waals surface area contributed by atoms with Crippen molar-refractivity contribution in [1.82, 2.24) is 5.32 Å². The van der Waals surface area contributed by atoms with Crippen LogP contribution in [0.3, 0.4) is 0 Å². The van der Waals surface area contributed by atoms with Crippen molar-refractivity contribution in [1.29, 1.82) is 0 Å². The fourth-order valence-corrected chi connectivity index (χ4v) is 2.84. The fraction of sp³-hybridized carbons (Fsp3) is 0.538. The molecule has 16 heavy (non-hydrogen) atoms. The molecular formula is C13H20N2S. The van der Waals surface area contributed by atoms with Crippen LogP contribution in [0.1, 0.15) is 24.8 Å². The van der Waals surface area contributed by atoms with Gasteiger partial charge >= 0.3 is 0 Å². The third-order valence-electron chi connectivity index (χ3n) is 3.64. The molecule has 0 spiro atoms. The molecule has 0 radical (unpaired) electrons. The Bertz CT molecular complexity index is 372. The maximum absolute atomic E-state index is 5.77. The van der Waals surface area contributed by atoms with Gasteiger partial charge < -0.3 is 11.1 Å². The standard InChI is InChI=1S/C13H20N2S/c1-15-9-13(5-2-6-13)8-10-3-4-11(14)12(16)7-10/h3-4,7,15-16H,2,5-6,8-9,14H2,1H3. The summed E-state index contributed by atoms with van der Waals surface area (Å²) >= 11 is 4.38. The highest BCUT2D eigenvalue weighted by Crippen LogP contribution is 2.43. The number of anilines is 1. The first-order valence-electron chi connectivity index (χ1n) is 5.87. The summed E-state index contributed by atoms with van der Waals surface area (Å²) < 4.78 is 0. The summed E-state index contributed by atoms with van der Waals surface area (Å²) in [5.41, 5.74) is 8.37. The molecule has 0 atom stereocenters. The van der Waals surface area contributed by atoms with Gasteiger partial charge in [-0.1, -0.05) is 12.5 Å². The molecule has 1 saturated carbocycles. The van der Waals surface area contributed by atoms with Crippen LogP contribution < -0.4 is 11.1 Å². The van der Waals surface area contributed by atoms with Crippen LogP contribution in [0.25, 0.3) is 0 Å². The largest absolute Gasteiger partial charge is 0.398 e. The molecule has 88 valence electrons. The van der Waals surface area contributed by atoms with Gasteiger partial charge in [-0.25, -0.2) is 0 Å². The van der Waals surface area contributed by atoms with Gasteiger partial charge in [0.1, 0.15) is 0 Å². The van der Waals surface area contributed by atoms with Gasteiger partial charge in [-0.05, 0) is 49.4 Å². The lowest BCUT2D eigenvalue weighted by Gasteiger charge is -2.42. The van der Waals surface area contributed by atoms with Crippen LogP contribution in [0.2, 0.25) is 0 Å². The second kappa shape index (κ2) is 4.68. The second-order valence-corrected chi connectivity index (χ2v) is 5.44. The van der Waals surface area contributed by atoms with E-state index < -0.39 is 0 Å². The van der Waals surface area contributed by atoms with Crippen molar-refractivity contribution in [2.45, 2.75) is 30.6 Å². The second-order valence-electron chi connectivity index (χ2n) is 4.95. The summed E-state index contributed by atoms with van der Waals surface area (Å²) in [5, 5.41) is 3.31. The minimum Gasteiger partial charge on any atom is -0.398 e. The van der Waals surface area contributed by atoms with E-state index in [0.717, 1.165) is 23.5 Å². The Hall–Kier alpha value is -0.670. The third-order valence-corrected chi connectivity index (χ3v) is 4.03. The van der Waals surface area contributed by atoms with Gasteiger partial charge in [0.05, 0.1) is 0 Å². The highest BCUT2D eigenvalue weighted by atomic mass is 32.1. The van der Waals surface area contributed by atoms with E-state index in [9.17, 15) is 0 Å². The molecule has 0 bridgehead atoms. The minimum atomic E-state index is 0.477. The van der Waals surface area contributed by atoms with Gasteiger partial charge in [-0.3, -0.25) is 0 Å². The molecule has 1 aliphatic rings. The average molecular weight is 236 g/mol. The van der Waals surface area contributed by atoms with Crippen LogP contribution in [0.15, 0.2) is 23.1 Å². The zero-order chi connectivity index (χ0) is 11.6. The zero-order valence-corrected chi connectivity index (χ0v) is 10.7. The molecule has 1 fully saturated rings. The Morgan fingerprint density at radius 2 is 2.19 bits per heavy atom. The number of hydrogen-bond acceptors (Lipinski definition) is 3. The number of rotatable bonds is 4. The van der Waals surface area contributed by atoms with Gasteiger partial charge in [0.2, 0.25) is 0 Å². The van der Waals surface area contributed by atoms with Crippen LogP contribution in [0, 0.1) is 5.41 Å². The number of hydrogen-bond donors (Lipinski definition) is 3. The average Bonchev–Trinajstić information content (AvgIpc) is 2.20. The van der Waals surface area contributed by atoms with E-state index in [1.165, 1.54) is 24.8 Å². The number of nitrogen functional groups attached to an aromatic ring is 1. The molecule has 2 nitrogen and oxygen atoms in total. The minimum absolute atomic E-state index is 0.477. The highest BCUT2D eigenvalue weighted by Gasteiger charge is 2.36. The highest BCUT2D eigenvalue weighted by molar-refractivity contribution is 7.80. The van der Waals surface area contributed by atoms with E-state index in [2.05, 4.69) is 30.1 Å². The molecule has 1 aromatic carbocycles. The molecule has 0 amide bonds. The molecule has 2 rings (SSSR count). The number of thiol groups is 1. The Kier molecular flexibility index (Phi) is 3.45. The van der Waals surface area contributed by atoms with Crippen molar-refractivity contribution < 1.29 is 0 Å². The molecule has 1 aromatic rings. The van der Waals surface area contributed by atoms with Crippen molar-refractivity contribution in [2.75, 3.05) is 19.3 Å². The van der Waals surface area contributed by atoms with Crippen LogP contribution in [-0.4, -0.2) is 13.6 Å². The van der Waals surface area contributed by atoms with Crippen molar-refractivity contribution in [3.05, 3.63) is 23.8 Å². The first-order valence-corrected chi connectivity index (χ1v) is 6.32. The Balaban J connectivity index is 2.10. The predicted molar refractivity (Wildman–Crippen MR) is 72.0 cm³/mol. The van der Waals surface area contributed by atoms with Crippen molar-refractivity contribution in [3.63, 3.8) is 0 Å². The summed E-state index contributed by atoms with van der Waals surface area (Å²) in [5.74, 6) is 0. The molecule has 3 heteroatoms. The van der Waals surface area contributed by atoms with E-state index in [1.807, 2.05) is 13.1 Å². The maximum Gasteiger partial charge on any atom is 0.0449 e. The Morgan fingerprint density at radius 1 is 1.44 bits per heavy atom. The lowest BCUT2D eigenvalue weighted by molar-refractivity contribution is 0.133. The topological polar surface area (TPSA) is 38.0 Å². The molecular weight excluding hydrogens is 216 g/mol. The smallest absolute Gasteiger partial charge is 0.0449 e. The van der Waals surface area contributed by atoms with Gasteiger partial charge in [-0.15, -0.1) is 12.6 Å². The first-order chi connectivity index (χ1) is 7.65. The Morgan fingerprint density at radius 3 is 2.69 bits per heavy atom. The van der Waals surface area contributed by atoms with Crippen LogP contribution >= 0.6 is 12.6 Å². The number of benzene rings is 1. The lowest BCUT2D eigenvalue weighted by atomic mass is 9.65. The zero-order valence-electron chi connectivity index (χ0n) is 9.79. The van der Waals surface area contributed by atoms with Gasteiger partial charge in [0.25, 0.3) is 0 Å². The van der Waals surface area contributed by atoms with Crippen LogP contribution in [0.5, 0.6) is 0 Å². The molecule has 0 aliphatic heterocycles. The molecule has 3 N–H and O–H groups in total. The number of nitrogens with two attached hydrogens (primary N) is 1. The number of nitrogens with one attached hydrogen (secondary N) is 1. The lowest BCUT2D eigenvalue weighted by Crippen LogP contribution is -2.40. The van der Waals surface area contributed by atoms with Crippen molar-refractivity contribution >= 4 is 18.3 Å². The molecule has 1 aliphatic carbocycles. The van der Waals surface area contributed by atoms with Crippen LogP contribution in [0.4, 0.5) is 5.69 Å². The third kappa shape index (κ3) is 2.36. The molecule has 0 saturated heterocycles. The predicted octanol–water partition coefficient (Wildman–Crippen LogP) is 2.49. The summed E-state index contributed by atoms with van der Waals surface area (Å²) in [4.78, 5) is 0.899. The van der Waals surface area contributed by atoms with E-state index in [4.69, 9.17) is 5.73 Å². The summed E-state index contributed by atoms with van der Waals surface area (Å²) in [7, 11) is 2.03. The normalized spacial score (nSPS) is 18.1. The molecule has 0 aromatic heterocycles. The maximum atomic E-state index is 5.77. The van der Waals surface area contributed by atoms with E-state index in [0.29, 0.717) is 5.41 Å². The quantitative estimate of drug-likeness (QED) is 0.555. The first kappa shape index (κ1) is 11.8. The van der Waals surface area contributed by atoms with E-state index in [1.54, 1.807) is 0 Å². The van der Waals surface area contributed by atoms with Gasteiger partial charge in [0, 0.05) is 17.1 Å². The fourth-order valence-electron chi connectivity index (χ4n) is 2.60. The van der Waals surface area contributed by atoms with E-state index in [-0.39, 0.29) is 0 Å². The monoisotopic (exact) mass is 236 g/mol. The summed E-state index contributed by atoms with van der Waals surface area (Å²) in [6, 6.07) is 6.20. The van der Waals surface area contributed by atoms with E-state index >= 15 is 0 Å². The molecule has 0 unspecified atom stereocenters.